The van der Waals surface area contributed by atoms with Crippen LogP contribution in [0.2, 0.25) is 0 Å². The molecule has 2 rings (SSSR count). The average Bonchev–Trinajstić information content (AvgIpc) is 2.65. The first-order chi connectivity index (χ1) is 7.22. The Balaban J connectivity index is 2.61. The minimum atomic E-state index is 0.716. The van der Waals surface area contributed by atoms with Crippen LogP contribution in [0.5, 0.6) is 0 Å². The first kappa shape index (κ1) is 10.6. The summed E-state index contributed by atoms with van der Waals surface area (Å²) in [5, 5.41) is 4.13. The van der Waals surface area contributed by atoms with Crippen LogP contribution in [0.4, 0.5) is 0 Å². The summed E-state index contributed by atoms with van der Waals surface area (Å²) in [6, 6.07) is 5.74. The first-order valence-electron chi connectivity index (χ1n) is 4.50. The largest absolute Gasteiger partial charge is 0.298 e. The number of carbonyl (C=O) groups is 1. The van der Waals surface area contributed by atoms with E-state index in [0.29, 0.717) is 5.56 Å². The fraction of sp³-hybridized carbons (Fsp3) is 0.0833. The standard InChI is InChI=1S/C12H9BrOS/c1-8-2-3-9(5-14)4-10(8)11-6-15-7-12(11)13/h2-7H,1H3. The van der Waals surface area contributed by atoms with Crippen molar-refractivity contribution >= 4 is 33.6 Å². The molecule has 15 heavy (non-hydrogen) atoms. The molecule has 0 aliphatic rings. The van der Waals surface area contributed by atoms with E-state index in [-0.39, 0.29) is 0 Å². The van der Waals surface area contributed by atoms with Gasteiger partial charge in [-0.3, -0.25) is 4.79 Å². The van der Waals surface area contributed by atoms with Gasteiger partial charge in [-0.2, -0.15) is 11.3 Å². The topological polar surface area (TPSA) is 17.1 Å². The van der Waals surface area contributed by atoms with Gasteiger partial charge >= 0.3 is 0 Å². The zero-order valence-corrected chi connectivity index (χ0v) is 10.6. The summed E-state index contributed by atoms with van der Waals surface area (Å²) in [5.41, 5.74) is 4.17. The fourth-order valence-corrected chi connectivity index (χ4v) is 2.98. The predicted octanol–water partition coefficient (Wildman–Crippen LogP) is 4.30. The lowest BCUT2D eigenvalue weighted by molar-refractivity contribution is 0.112. The Bertz CT molecular complexity index is 502. The second-order valence-corrected chi connectivity index (χ2v) is 4.92. The smallest absolute Gasteiger partial charge is 0.150 e. The summed E-state index contributed by atoms with van der Waals surface area (Å²) < 4.78 is 1.08. The number of benzene rings is 1. The first-order valence-corrected chi connectivity index (χ1v) is 6.24. The van der Waals surface area contributed by atoms with E-state index in [4.69, 9.17) is 0 Å². The highest BCUT2D eigenvalue weighted by Crippen LogP contribution is 2.33. The summed E-state index contributed by atoms with van der Waals surface area (Å²) in [4.78, 5) is 10.7. The number of hydrogen-bond acceptors (Lipinski definition) is 2. The van der Waals surface area contributed by atoms with E-state index in [9.17, 15) is 4.79 Å². The Labute approximate surface area is 101 Å². The third-order valence-electron chi connectivity index (χ3n) is 2.30. The zero-order chi connectivity index (χ0) is 10.8. The summed E-state index contributed by atoms with van der Waals surface area (Å²) in [6.45, 7) is 2.05. The molecule has 0 unspecified atom stereocenters. The molecule has 0 saturated heterocycles. The van der Waals surface area contributed by atoms with Gasteiger partial charge in [0.1, 0.15) is 6.29 Å². The van der Waals surface area contributed by atoms with E-state index >= 15 is 0 Å². The van der Waals surface area contributed by atoms with Gasteiger partial charge in [0, 0.05) is 21.0 Å². The van der Waals surface area contributed by atoms with Crippen LogP contribution < -0.4 is 0 Å². The van der Waals surface area contributed by atoms with Crippen LogP contribution in [0.15, 0.2) is 33.4 Å². The van der Waals surface area contributed by atoms with Gasteiger partial charge in [-0.1, -0.05) is 12.1 Å². The van der Waals surface area contributed by atoms with Crippen LogP contribution >= 0.6 is 27.3 Å². The van der Waals surface area contributed by atoms with Gasteiger partial charge in [0.25, 0.3) is 0 Å². The second kappa shape index (κ2) is 4.29. The number of aldehydes is 1. The molecule has 0 saturated carbocycles. The molecule has 1 aromatic heterocycles. The van der Waals surface area contributed by atoms with Crippen molar-refractivity contribution in [3.8, 4) is 11.1 Å². The van der Waals surface area contributed by atoms with Gasteiger partial charge in [0.05, 0.1) is 0 Å². The van der Waals surface area contributed by atoms with Crippen LogP contribution in [-0.2, 0) is 0 Å². The van der Waals surface area contributed by atoms with Crippen LogP contribution in [0.3, 0.4) is 0 Å². The highest BCUT2D eigenvalue weighted by Gasteiger charge is 2.07. The highest BCUT2D eigenvalue weighted by atomic mass is 79.9. The van der Waals surface area contributed by atoms with Crippen LogP contribution in [0.25, 0.3) is 11.1 Å². The SMILES string of the molecule is Cc1ccc(C=O)cc1-c1cscc1Br. The van der Waals surface area contributed by atoms with Crippen molar-refractivity contribution in [3.05, 3.63) is 44.6 Å². The molecule has 0 aliphatic heterocycles. The highest BCUT2D eigenvalue weighted by molar-refractivity contribution is 9.10. The summed E-state index contributed by atoms with van der Waals surface area (Å²) in [6.07, 6.45) is 0.878. The molecule has 2 aromatic rings. The van der Waals surface area contributed by atoms with Crippen LogP contribution in [0, 0.1) is 6.92 Å². The molecule has 76 valence electrons. The van der Waals surface area contributed by atoms with Crippen LogP contribution in [-0.4, -0.2) is 6.29 Å². The molecular formula is C12H9BrOS. The number of carbonyl (C=O) groups excluding carboxylic acids is 1. The number of rotatable bonds is 2. The van der Waals surface area contributed by atoms with Crippen molar-refractivity contribution in [1.29, 1.82) is 0 Å². The summed E-state index contributed by atoms with van der Waals surface area (Å²) >= 11 is 5.15. The third-order valence-corrected chi connectivity index (χ3v) is 4.01. The lowest BCUT2D eigenvalue weighted by Gasteiger charge is -2.05. The van der Waals surface area contributed by atoms with E-state index in [1.54, 1.807) is 11.3 Å². The maximum atomic E-state index is 10.7. The molecule has 0 amide bonds. The molecule has 0 fully saturated rings. The molecule has 1 nitrogen and oxygen atoms in total. The molecule has 0 N–H and O–H groups in total. The second-order valence-electron chi connectivity index (χ2n) is 3.33. The number of halogens is 1. The van der Waals surface area contributed by atoms with E-state index in [1.807, 2.05) is 30.5 Å². The van der Waals surface area contributed by atoms with Crippen molar-refractivity contribution in [1.82, 2.24) is 0 Å². The van der Waals surface area contributed by atoms with Crippen LogP contribution in [0.1, 0.15) is 15.9 Å². The maximum absolute atomic E-state index is 10.7. The van der Waals surface area contributed by atoms with E-state index < -0.39 is 0 Å². The zero-order valence-electron chi connectivity index (χ0n) is 8.16. The Hall–Kier alpha value is -0.930. The molecule has 0 spiro atoms. The molecule has 0 radical (unpaired) electrons. The Morgan fingerprint density at radius 3 is 2.67 bits per heavy atom. The normalized spacial score (nSPS) is 10.3. The van der Waals surface area contributed by atoms with Gasteiger partial charge in [0.15, 0.2) is 0 Å². The van der Waals surface area contributed by atoms with Gasteiger partial charge in [-0.05, 0) is 45.4 Å². The van der Waals surface area contributed by atoms with Crippen molar-refractivity contribution in [2.45, 2.75) is 6.92 Å². The van der Waals surface area contributed by atoms with Gasteiger partial charge in [-0.25, -0.2) is 0 Å². The molecular weight excluding hydrogens is 272 g/mol. The van der Waals surface area contributed by atoms with Crippen molar-refractivity contribution < 1.29 is 4.79 Å². The lowest BCUT2D eigenvalue weighted by atomic mass is 10.0. The summed E-state index contributed by atoms with van der Waals surface area (Å²) in [7, 11) is 0. The minimum Gasteiger partial charge on any atom is -0.298 e. The molecule has 0 bridgehead atoms. The minimum absolute atomic E-state index is 0.716. The molecule has 0 aliphatic carbocycles. The number of hydrogen-bond donors (Lipinski definition) is 0. The number of thiophene rings is 1. The molecule has 0 atom stereocenters. The quantitative estimate of drug-likeness (QED) is 0.750. The maximum Gasteiger partial charge on any atom is 0.150 e. The van der Waals surface area contributed by atoms with Gasteiger partial charge in [0.2, 0.25) is 0 Å². The van der Waals surface area contributed by atoms with Crippen molar-refractivity contribution in [2.75, 3.05) is 0 Å². The predicted molar refractivity (Wildman–Crippen MR) is 67.6 cm³/mol. The molecule has 1 aromatic carbocycles. The number of aryl methyl sites for hydroxylation is 1. The molecule has 1 heterocycles. The van der Waals surface area contributed by atoms with Gasteiger partial charge in [-0.15, -0.1) is 0 Å². The Morgan fingerprint density at radius 1 is 1.27 bits per heavy atom. The third kappa shape index (κ3) is 2.03. The average molecular weight is 281 g/mol. The molecule has 3 heteroatoms. The van der Waals surface area contributed by atoms with E-state index in [0.717, 1.165) is 21.9 Å². The van der Waals surface area contributed by atoms with Crippen molar-refractivity contribution in [3.63, 3.8) is 0 Å². The van der Waals surface area contributed by atoms with E-state index in [1.165, 1.54) is 5.56 Å². The summed E-state index contributed by atoms with van der Waals surface area (Å²) in [5.74, 6) is 0. The Morgan fingerprint density at radius 2 is 2.07 bits per heavy atom. The monoisotopic (exact) mass is 280 g/mol. The fourth-order valence-electron chi connectivity index (χ4n) is 1.48. The van der Waals surface area contributed by atoms with Gasteiger partial charge < -0.3 is 0 Å². The Kier molecular flexibility index (Phi) is 3.03. The lowest BCUT2D eigenvalue weighted by Crippen LogP contribution is -1.86. The van der Waals surface area contributed by atoms with Crippen molar-refractivity contribution in [2.24, 2.45) is 0 Å². The van der Waals surface area contributed by atoms with E-state index in [2.05, 4.69) is 21.3 Å².